The van der Waals surface area contributed by atoms with E-state index in [0.29, 0.717) is 17.2 Å². The molecule has 7 nitrogen and oxygen atoms in total. The third kappa shape index (κ3) is 3.01. The van der Waals surface area contributed by atoms with Crippen LogP contribution in [0.2, 0.25) is 0 Å². The minimum atomic E-state index is 0.00618. The molecule has 0 aliphatic heterocycles. The van der Waals surface area contributed by atoms with Crippen molar-refractivity contribution in [2.45, 2.75) is 19.9 Å². The highest BCUT2D eigenvalue weighted by atomic mass is 16.5. The van der Waals surface area contributed by atoms with E-state index in [-0.39, 0.29) is 11.9 Å². The van der Waals surface area contributed by atoms with Crippen LogP contribution in [0.3, 0.4) is 0 Å². The summed E-state index contributed by atoms with van der Waals surface area (Å²) in [5, 5.41) is 15.6. The molecule has 0 fully saturated rings. The van der Waals surface area contributed by atoms with Gasteiger partial charge in [-0.3, -0.25) is 4.68 Å². The van der Waals surface area contributed by atoms with Gasteiger partial charge in [-0.15, -0.1) is 0 Å². The summed E-state index contributed by atoms with van der Waals surface area (Å²) in [6, 6.07) is 3.57. The van der Waals surface area contributed by atoms with Gasteiger partial charge in [-0.05, 0) is 19.9 Å². The first-order valence-electron chi connectivity index (χ1n) is 5.76. The molecule has 0 unspecified atom stereocenters. The first kappa shape index (κ1) is 12.9. The third-order valence-electron chi connectivity index (χ3n) is 2.47. The lowest BCUT2D eigenvalue weighted by Crippen LogP contribution is -2.13. The van der Waals surface area contributed by atoms with Crippen molar-refractivity contribution in [1.29, 1.82) is 0 Å². The summed E-state index contributed by atoms with van der Waals surface area (Å²) in [7, 11) is 0. The zero-order valence-electron chi connectivity index (χ0n) is 10.7. The molecule has 0 amide bonds. The van der Waals surface area contributed by atoms with Crippen molar-refractivity contribution < 1.29 is 9.94 Å². The Hall–Kier alpha value is -2.57. The molecule has 7 heteroatoms. The lowest BCUT2D eigenvalue weighted by atomic mass is 10.3. The molecule has 2 heterocycles. The summed E-state index contributed by atoms with van der Waals surface area (Å²) < 4.78 is 7.33. The van der Waals surface area contributed by atoms with E-state index in [1.54, 1.807) is 29.2 Å². The van der Waals surface area contributed by atoms with Crippen molar-refractivity contribution in [2.24, 2.45) is 10.9 Å². The normalized spacial score (nSPS) is 11.8. The quantitative estimate of drug-likeness (QED) is 0.378. The second kappa shape index (κ2) is 5.38. The fourth-order valence-electron chi connectivity index (χ4n) is 1.43. The van der Waals surface area contributed by atoms with Crippen LogP contribution in [0.15, 0.2) is 35.9 Å². The van der Waals surface area contributed by atoms with Crippen LogP contribution in [0.1, 0.15) is 25.5 Å². The number of nitrogens with two attached hydrogens (primary N) is 1. The van der Waals surface area contributed by atoms with E-state index in [4.69, 9.17) is 15.7 Å². The smallest absolute Gasteiger partial charge is 0.219 e. The summed E-state index contributed by atoms with van der Waals surface area (Å²) in [6.07, 6.45) is 4.89. The maximum Gasteiger partial charge on any atom is 0.219 e. The molecular formula is C12H15N5O2. The number of rotatable bonds is 4. The lowest BCUT2D eigenvalue weighted by Gasteiger charge is -2.04. The van der Waals surface area contributed by atoms with Crippen LogP contribution in [0.4, 0.5) is 0 Å². The van der Waals surface area contributed by atoms with E-state index in [9.17, 15) is 0 Å². The Morgan fingerprint density at radius 2 is 2.21 bits per heavy atom. The van der Waals surface area contributed by atoms with E-state index in [0.717, 1.165) is 0 Å². The van der Waals surface area contributed by atoms with Crippen LogP contribution in [0.25, 0.3) is 0 Å². The molecule has 2 aromatic heterocycles. The molecule has 0 aliphatic rings. The molecule has 0 atom stereocenters. The monoisotopic (exact) mass is 261 g/mol. The van der Waals surface area contributed by atoms with Crippen molar-refractivity contribution in [1.82, 2.24) is 14.8 Å². The van der Waals surface area contributed by atoms with Crippen molar-refractivity contribution in [3.8, 4) is 11.6 Å². The lowest BCUT2D eigenvalue weighted by molar-refractivity contribution is 0.318. The molecule has 0 saturated carbocycles. The maximum atomic E-state index is 8.54. The van der Waals surface area contributed by atoms with Gasteiger partial charge in [-0.2, -0.15) is 5.10 Å². The van der Waals surface area contributed by atoms with Crippen LogP contribution >= 0.6 is 0 Å². The molecule has 0 bridgehead atoms. The summed E-state index contributed by atoms with van der Waals surface area (Å²) >= 11 is 0. The molecule has 0 saturated heterocycles. The predicted molar refractivity (Wildman–Crippen MR) is 69.4 cm³/mol. The first-order chi connectivity index (χ1) is 9.10. The molecule has 0 radical (unpaired) electrons. The van der Waals surface area contributed by atoms with Gasteiger partial charge in [0.2, 0.25) is 5.88 Å². The van der Waals surface area contributed by atoms with Crippen molar-refractivity contribution in [2.75, 3.05) is 0 Å². The molecule has 0 aromatic carbocycles. The summed E-state index contributed by atoms with van der Waals surface area (Å²) in [4.78, 5) is 4.07. The minimum Gasteiger partial charge on any atom is -0.436 e. The van der Waals surface area contributed by atoms with Crippen LogP contribution in [0.5, 0.6) is 11.6 Å². The number of pyridine rings is 1. The van der Waals surface area contributed by atoms with Crippen molar-refractivity contribution >= 4 is 5.84 Å². The third-order valence-corrected chi connectivity index (χ3v) is 2.47. The molecule has 3 N–H and O–H groups in total. The van der Waals surface area contributed by atoms with Gasteiger partial charge >= 0.3 is 0 Å². The van der Waals surface area contributed by atoms with E-state index in [2.05, 4.69) is 15.2 Å². The molecule has 0 spiro atoms. The van der Waals surface area contributed by atoms with Crippen LogP contribution in [-0.4, -0.2) is 25.8 Å². The number of hydrogen-bond acceptors (Lipinski definition) is 5. The Morgan fingerprint density at radius 3 is 2.74 bits per heavy atom. The molecule has 2 aromatic rings. The zero-order valence-corrected chi connectivity index (χ0v) is 10.7. The van der Waals surface area contributed by atoms with Crippen LogP contribution in [0, 0.1) is 0 Å². The average Bonchev–Trinajstić information content (AvgIpc) is 2.87. The number of amidine groups is 1. The van der Waals surface area contributed by atoms with Gasteiger partial charge in [0.25, 0.3) is 0 Å². The van der Waals surface area contributed by atoms with Crippen molar-refractivity contribution in [3.05, 3.63) is 36.3 Å². The van der Waals surface area contributed by atoms with Gasteiger partial charge in [0.05, 0.1) is 12.4 Å². The molecule has 19 heavy (non-hydrogen) atoms. The number of aromatic nitrogens is 3. The summed E-state index contributed by atoms with van der Waals surface area (Å²) in [5.74, 6) is 1.03. The molecular weight excluding hydrogens is 246 g/mol. The topological polar surface area (TPSA) is 98.5 Å². The number of nitrogens with zero attached hydrogens (tertiary/aromatic N) is 4. The van der Waals surface area contributed by atoms with Crippen LogP contribution in [-0.2, 0) is 0 Å². The fraction of sp³-hybridized carbons (Fsp3) is 0.250. The number of ether oxygens (including phenoxy) is 1. The minimum absolute atomic E-state index is 0.00618. The highest BCUT2D eigenvalue weighted by molar-refractivity contribution is 5.96. The zero-order chi connectivity index (χ0) is 13.8. The van der Waals surface area contributed by atoms with Gasteiger partial charge < -0.3 is 15.7 Å². The van der Waals surface area contributed by atoms with E-state index in [1.807, 2.05) is 13.8 Å². The molecule has 100 valence electrons. The van der Waals surface area contributed by atoms with Gasteiger partial charge in [-0.25, -0.2) is 4.98 Å². The summed E-state index contributed by atoms with van der Waals surface area (Å²) in [6.45, 7) is 4.06. The highest BCUT2D eigenvalue weighted by Gasteiger charge is 2.05. The second-order valence-corrected chi connectivity index (χ2v) is 4.22. The largest absolute Gasteiger partial charge is 0.436 e. The van der Waals surface area contributed by atoms with E-state index >= 15 is 0 Å². The van der Waals surface area contributed by atoms with Gasteiger partial charge in [0.1, 0.15) is 0 Å². The van der Waals surface area contributed by atoms with Crippen LogP contribution < -0.4 is 10.5 Å². The van der Waals surface area contributed by atoms with Gasteiger partial charge in [0, 0.05) is 23.9 Å². The van der Waals surface area contributed by atoms with E-state index in [1.165, 1.54) is 6.20 Å². The standard InChI is InChI=1S/C12H15N5O2/c1-8(2)17-7-10(6-15-17)19-11-4-3-9(5-14-11)12(13)16-18/h3-8,18H,1-2H3,(H2,13,16). The molecule has 2 rings (SSSR count). The Morgan fingerprint density at radius 1 is 1.42 bits per heavy atom. The Balaban J connectivity index is 2.10. The SMILES string of the molecule is CC(C)n1cc(Oc2ccc(/C(N)=N/O)cn2)cn1. The number of hydrogen-bond donors (Lipinski definition) is 2. The Labute approximate surface area is 110 Å². The fourth-order valence-corrected chi connectivity index (χ4v) is 1.43. The first-order valence-corrected chi connectivity index (χ1v) is 5.76. The predicted octanol–water partition coefficient (Wildman–Crippen LogP) is 1.75. The highest BCUT2D eigenvalue weighted by Crippen LogP contribution is 2.19. The second-order valence-electron chi connectivity index (χ2n) is 4.22. The Bertz CT molecular complexity index is 574. The van der Waals surface area contributed by atoms with E-state index < -0.39 is 0 Å². The molecule has 0 aliphatic carbocycles. The summed E-state index contributed by atoms with van der Waals surface area (Å²) in [5.41, 5.74) is 5.96. The Kier molecular flexibility index (Phi) is 3.65. The van der Waals surface area contributed by atoms with Crippen molar-refractivity contribution in [3.63, 3.8) is 0 Å². The van der Waals surface area contributed by atoms with Gasteiger partial charge in [-0.1, -0.05) is 5.16 Å². The van der Waals surface area contributed by atoms with Gasteiger partial charge in [0.15, 0.2) is 11.6 Å². The average molecular weight is 261 g/mol. The maximum absolute atomic E-state index is 8.54. The number of oxime groups is 1.